The second kappa shape index (κ2) is 7.76. The van der Waals surface area contributed by atoms with Gasteiger partial charge in [0.05, 0.1) is 11.3 Å². The van der Waals surface area contributed by atoms with E-state index in [4.69, 9.17) is 11.6 Å². The zero-order valence-electron chi connectivity index (χ0n) is 14.5. The smallest absolute Gasteiger partial charge is 0.131 e. The van der Waals surface area contributed by atoms with Crippen LogP contribution in [0.2, 0.25) is 5.15 Å². The van der Waals surface area contributed by atoms with Gasteiger partial charge in [-0.05, 0) is 31.1 Å². The van der Waals surface area contributed by atoms with Gasteiger partial charge in [0, 0.05) is 37.9 Å². The standard InChI is InChI=1S/C20H27ClN2O/c1-20(15-24)9-11-23(12-10-20)18-13-19(21)22-14-17(18)8-7-16-5-3-2-4-6-16/h13-14,16,24H,2-6,9-12,15H2,1H3. The Balaban J connectivity index is 1.78. The SMILES string of the molecule is CC1(CO)CCN(c2cc(Cl)ncc2C#CC2CCCCC2)CC1. The van der Waals surface area contributed by atoms with E-state index in [2.05, 4.69) is 28.6 Å². The molecule has 2 fully saturated rings. The number of pyridine rings is 1. The van der Waals surface area contributed by atoms with Crippen LogP contribution < -0.4 is 4.90 Å². The Morgan fingerprint density at radius 2 is 2.00 bits per heavy atom. The van der Waals surface area contributed by atoms with Gasteiger partial charge in [0.15, 0.2) is 0 Å². The molecule has 0 bridgehead atoms. The van der Waals surface area contributed by atoms with Crippen LogP contribution in [0, 0.1) is 23.2 Å². The Kier molecular flexibility index (Phi) is 5.69. The summed E-state index contributed by atoms with van der Waals surface area (Å²) in [6, 6.07) is 1.94. The van der Waals surface area contributed by atoms with E-state index < -0.39 is 0 Å². The molecule has 0 spiro atoms. The molecule has 24 heavy (non-hydrogen) atoms. The highest BCUT2D eigenvalue weighted by atomic mass is 35.5. The van der Waals surface area contributed by atoms with Gasteiger partial charge in [-0.1, -0.05) is 49.6 Å². The topological polar surface area (TPSA) is 36.4 Å². The summed E-state index contributed by atoms with van der Waals surface area (Å²) >= 11 is 6.14. The minimum absolute atomic E-state index is 0.0429. The molecule has 1 aromatic heterocycles. The van der Waals surface area contributed by atoms with E-state index in [0.717, 1.165) is 37.2 Å². The number of hydrogen-bond donors (Lipinski definition) is 1. The van der Waals surface area contributed by atoms with Crippen molar-refractivity contribution >= 4 is 17.3 Å². The van der Waals surface area contributed by atoms with E-state index in [1.807, 2.05) is 12.3 Å². The summed E-state index contributed by atoms with van der Waals surface area (Å²) in [6.07, 6.45) is 10.2. The van der Waals surface area contributed by atoms with Crippen molar-refractivity contribution < 1.29 is 5.11 Å². The minimum atomic E-state index is 0.0429. The van der Waals surface area contributed by atoms with Gasteiger partial charge in [-0.15, -0.1) is 0 Å². The summed E-state index contributed by atoms with van der Waals surface area (Å²) in [5, 5.41) is 10.1. The molecule has 130 valence electrons. The Morgan fingerprint density at radius 1 is 1.29 bits per heavy atom. The highest BCUT2D eigenvalue weighted by Gasteiger charge is 2.30. The molecule has 0 unspecified atom stereocenters. The van der Waals surface area contributed by atoms with Gasteiger partial charge in [0.1, 0.15) is 5.15 Å². The lowest BCUT2D eigenvalue weighted by molar-refractivity contribution is 0.115. The number of rotatable bonds is 2. The van der Waals surface area contributed by atoms with E-state index in [-0.39, 0.29) is 12.0 Å². The van der Waals surface area contributed by atoms with Crippen molar-refractivity contribution in [2.75, 3.05) is 24.6 Å². The number of hydrogen-bond acceptors (Lipinski definition) is 3. The first-order chi connectivity index (χ1) is 11.6. The molecule has 4 heteroatoms. The fourth-order valence-corrected chi connectivity index (χ4v) is 3.80. The number of halogens is 1. The number of aromatic nitrogens is 1. The molecular weight excluding hydrogens is 320 g/mol. The highest BCUT2D eigenvalue weighted by Crippen LogP contribution is 2.34. The van der Waals surface area contributed by atoms with Crippen LogP contribution in [0.4, 0.5) is 5.69 Å². The molecule has 1 N–H and O–H groups in total. The van der Waals surface area contributed by atoms with Crippen molar-refractivity contribution in [3.63, 3.8) is 0 Å². The van der Waals surface area contributed by atoms with Crippen molar-refractivity contribution in [2.45, 2.75) is 51.9 Å². The average Bonchev–Trinajstić information content (AvgIpc) is 2.62. The maximum atomic E-state index is 9.56. The van der Waals surface area contributed by atoms with Gasteiger partial charge in [-0.25, -0.2) is 4.98 Å². The van der Waals surface area contributed by atoms with Gasteiger partial charge < -0.3 is 10.0 Å². The Bertz CT molecular complexity index is 620. The van der Waals surface area contributed by atoms with Gasteiger partial charge >= 0.3 is 0 Å². The van der Waals surface area contributed by atoms with Gasteiger partial charge in [0.2, 0.25) is 0 Å². The van der Waals surface area contributed by atoms with Crippen molar-refractivity contribution in [3.05, 3.63) is 23.0 Å². The second-order valence-electron chi connectivity index (χ2n) is 7.58. The van der Waals surface area contributed by atoms with Crippen LogP contribution in [0.5, 0.6) is 0 Å². The molecule has 3 nitrogen and oxygen atoms in total. The third-order valence-electron chi connectivity index (χ3n) is 5.56. The maximum Gasteiger partial charge on any atom is 0.131 e. The fraction of sp³-hybridized carbons (Fsp3) is 0.650. The summed E-state index contributed by atoms with van der Waals surface area (Å²) in [5.41, 5.74) is 2.12. The van der Waals surface area contributed by atoms with Crippen molar-refractivity contribution in [1.29, 1.82) is 0 Å². The van der Waals surface area contributed by atoms with Crippen LogP contribution in [0.3, 0.4) is 0 Å². The zero-order valence-corrected chi connectivity index (χ0v) is 15.3. The first kappa shape index (κ1) is 17.6. The quantitative estimate of drug-likeness (QED) is 0.642. The summed E-state index contributed by atoms with van der Waals surface area (Å²) in [7, 11) is 0. The van der Waals surface area contributed by atoms with E-state index in [1.165, 1.54) is 32.1 Å². The van der Waals surface area contributed by atoms with Crippen LogP contribution in [-0.2, 0) is 0 Å². The molecular formula is C20H27ClN2O. The molecule has 1 aliphatic heterocycles. The lowest BCUT2D eigenvalue weighted by Crippen LogP contribution is -2.40. The molecule has 2 aliphatic rings. The van der Waals surface area contributed by atoms with Crippen LogP contribution >= 0.6 is 11.6 Å². The number of piperidine rings is 1. The lowest BCUT2D eigenvalue weighted by Gasteiger charge is -2.39. The van der Waals surface area contributed by atoms with E-state index >= 15 is 0 Å². The zero-order chi connectivity index (χ0) is 17.0. The Hall–Kier alpha value is -1.24. The fourth-order valence-electron chi connectivity index (χ4n) is 3.65. The van der Waals surface area contributed by atoms with Crippen LogP contribution in [0.1, 0.15) is 57.4 Å². The largest absolute Gasteiger partial charge is 0.396 e. The second-order valence-corrected chi connectivity index (χ2v) is 7.97. The van der Waals surface area contributed by atoms with Gasteiger partial charge in [-0.2, -0.15) is 0 Å². The van der Waals surface area contributed by atoms with E-state index in [1.54, 1.807) is 0 Å². The molecule has 0 aromatic carbocycles. The molecule has 1 aromatic rings. The molecule has 0 amide bonds. The monoisotopic (exact) mass is 346 g/mol. The third-order valence-corrected chi connectivity index (χ3v) is 5.76. The summed E-state index contributed by atoms with van der Waals surface area (Å²) in [4.78, 5) is 6.58. The van der Waals surface area contributed by atoms with Crippen LogP contribution in [0.25, 0.3) is 0 Å². The molecule has 2 heterocycles. The van der Waals surface area contributed by atoms with E-state index in [0.29, 0.717) is 11.1 Å². The van der Waals surface area contributed by atoms with Gasteiger partial charge in [0.25, 0.3) is 0 Å². The molecule has 0 radical (unpaired) electrons. The number of aliphatic hydroxyl groups is 1. The van der Waals surface area contributed by atoms with Crippen molar-refractivity contribution in [1.82, 2.24) is 4.98 Å². The molecule has 0 atom stereocenters. The first-order valence-electron chi connectivity index (χ1n) is 9.12. The molecule has 3 rings (SSSR count). The highest BCUT2D eigenvalue weighted by molar-refractivity contribution is 6.29. The maximum absolute atomic E-state index is 9.56. The van der Waals surface area contributed by atoms with Gasteiger partial charge in [-0.3, -0.25) is 0 Å². The summed E-state index contributed by atoms with van der Waals surface area (Å²) in [6.45, 7) is 4.27. The van der Waals surface area contributed by atoms with Crippen molar-refractivity contribution in [3.8, 4) is 11.8 Å². The molecule has 1 saturated carbocycles. The number of nitrogens with zero attached hydrogens (tertiary/aromatic N) is 2. The third kappa shape index (κ3) is 4.23. The minimum Gasteiger partial charge on any atom is -0.396 e. The summed E-state index contributed by atoms with van der Waals surface area (Å²) < 4.78 is 0. The number of aliphatic hydroxyl groups excluding tert-OH is 1. The Morgan fingerprint density at radius 3 is 2.67 bits per heavy atom. The first-order valence-corrected chi connectivity index (χ1v) is 9.50. The number of anilines is 1. The van der Waals surface area contributed by atoms with Crippen LogP contribution in [-0.4, -0.2) is 29.8 Å². The predicted octanol–water partition coefficient (Wildman–Crippen LogP) is 4.27. The predicted molar refractivity (Wildman–Crippen MR) is 99.3 cm³/mol. The van der Waals surface area contributed by atoms with Crippen LogP contribution in [0.15, 0.2) is 12.3 Å². The lowest BCUT2D eigenvalue weighted by atomic mass is 9.81. The average molecular weight is 347 g/mol. The normalized spacial score (nSPS) is 21.2. The molecule has 1 saturated heterocycles. The Labute approximate surface area is 150 Å². The van der Waals surface area contributed by atoms with Crippen molar-refractivity contribution in [2.24, 2.45) is 11.3 Å². The summed E-state index contributed by atoms with van der Waals surface area (Å²) in [5.74, 6) is 7.37. The molecule has 1 aliphatic carbocycles. The van der Waals surface area contributed by atoms with E-state index in [9.17, 15) is 5.11 Å².